The van der Waals surface area contributed by atoms with Crippen molar-refractivity contribution in [1.82, 2.24) is 19.7 Å². The Balaban J connectivity index is 1.73. The molecule has 2 fully saturated rings. The molecular formula is C22H24N4O2. The van der Waals surface area contributed by atoms with Crippen molar-refractivity contribution in [1.29, 1.82) is 0 Å². The molecule has 0 N–H and O–H groups in total. The van der Waals surface area contributed by atoms with Crippen LogP contribution in [0.3, 0.4) is 0 Å². The van der Waals surface area contributed by atoms with Crippen molar-refractivity contribution in [3.8, 4) is 5.69 Å². The zero-order chi connectivity index (χ0) is 19.1. The first-order valence-electron chi connectivity index (χ1n) is 10.1. The lowest BCUT2D eigenvalue weighted by molar-refractivity contribution is 0.0304. The van der Waals surface area contributed by atoms with Crippen LogP contribution in [0.2, 0.25) is 0 Å². The third kappa shape index (κ3) is 2.98. The van der Waals surface area contributed by atoms with Gasteiger partial charge in [-0.25, -0.2) is 9.67 Å². The number of carbonyl (C=O) groups excluding carboxylic acids is 1. The number of hydrogen-bond donors (Lipinski definition) is 0. The number of nitrogens with zero attached hydrogens (tertiary/aromatic N) is 4. The van der Waals surface area contributed by atoms with Gasteiger partial charge in [0.25, 0.3) is 5.91 Å². The van der Waals surface area contributed by atoms with Gasteiger partial charge in [0, 0.05) is 24.7 Å². The molecule has 28 heavy (non-hydrogen) atoms. The highest BCUT2D eigenvalue weighted by Gasteiger charge is 2.33. The van der Waals surface area contributed by atoms with Gasteiger partial charge in [-0.15, -0.1) is 0 Å². The molecule has 6 nitrogen and oxygen atoms in total. The maximum atomic E-state index is 13.4. The van der Waals surface area contributed by atoms with Gasteiger partial charge in [-0.2, -0.15) is 5.10 Å². The van der Waals surface area contributed by atoms with E-state index in [9.17, 15) is 4.79 Å². The summed E-state index contributed by atoms with van der Waals surface area (Å²) in [5.74, 6) is 0.498. The number of para-hydroxylation sites is 1. The van der Waals surface area contributed by atoms with E-state index in [0.717, 1.165) is 52.9 Å². The van der Waals surface area contributed by atoms with E-state index in [0.29, 0.717) is 32.2 Å². The number of ether oxygens (including phenoxy) is 1. The second-order valence-electron chi connectivity index (χ2n) is 7.52. The molecule has 1 amide bonds. The standard InChI is InChI=1S/C22H24N4O2/c1-2-16-14-18(22(27)25-10-12-28-13-11-25)19-20(15-8-9-15)24-26(21(19)23-16)17-6-4-3-5-7-17/h3-7,14-15H,2,8-13H2,1H3. The number of aryl methyl sites for hydroxylation is 1. The van der Waals surface area contributed by atoms with E-state index in [4.69, 9.17) is 14.8 Å². The van der Waals surface area contributed by atoms with Crippen LogP contribution in [-0.4, -0.2) is 51.9 Å². The molecule has 1 saturated heterocycles. The highest BCUT2D eigenvalue weighted by atomic mass is 16.5. The average Bonchev–Trinajstić information content (AvgIpc) is 3.54. The summed E-state index contributed by atoms with van der Waals surface area (Å²) in [6.45, 7) is 4.53. The number of pyridine rings is 1. The van der Waals surface area contributed by atoms with Crippen molar-refractivity contribution >= 4 is 16.9 Å². The van der Waals surface area contributed by atoms with E-state index >= 15 is 0 Å². The summed E-state index contributed by atoms with van der Waals surface area (Å²) in [6.07, 6.45) is 3.03. The first kappa shape index (κ1) is 17.4. The van der Waals surface area contributed by atoms with E-state index in [1.807, 2.05) is 46.0 Å². The summed E-state index contributed by atoms with van der Waals surface area (Å²) in [5.41, 5.74) is 4.45. The quantitative estimate of drug-likeness (QED) is 0.701. The molecule has 5 rings (SSSR count). The van der Waals surface area contributed by atoms with Crippen molar-refractivity contribution in [2.75, 3.05) is 26.3 Å². The summed E-state index contributed by atoms with van der Waals surface area (Å²) in [4.78, 5) is 20.2. The molecule has 2 aromatic heterocycles. The van der Waals surface area contributed by atoms with Crippen LogP contribution in [0.1, 0.15) is 47.4 Å². The van der Waals surface area contributed by atoms with Crippen LogP contribution in [0.25, 0.3) is 16.7 Å². The first-order valence-corrected chi connectivity index (χ1v) is 10.1. The lowest BCUT2D eigenvalue weighted by atomic mass is 10.0. The third-order valence-electron chi connectivity index (χ3n) is 5.57. The smallest absolute Gasteiger partial charge is 0.254 e. The molecule has 144 valence electrons. The fraction of sp³-hybridized carbons (Fsp3) is 0.409. The fourth-order valence-corrected chi connectivity index (χ4v) is 3.87. The van der Waals surface area contributed by atoms with Gasteiger partial charge >= 0.3 is 0 Å². The molecule has 0 radical (unpaired) electrons. The lowest BCUT2D eigenvalue weighted by Gasteiger charge is -2.27. The SMILES string of the molecule is CCc1cc(C(=O)N2CCOCC2)c2c(C3CC3)nn(-c3ccccc3)c2n1. The number of fused-ring (bicyclic) bond motifs is 1. The second-order valence-corrected chi connectivity index (χ2v) is 7.52. The number of hydrogen-bond acceptors (Lipinski definition) is 4. The highest BCUT2D eigenvalue weighted by molar-refractivity contribution is 6.07. The Kier molecular flexibility index (Phi) is 4.36. The van der Waals surface area contributed by atoms with Gasteiger partial charge in [0.15, 0.2) is 5.65 Å². The highest BCUT2D eigenvalue weighted by Crippen LogP contribution is 2.43. The van der Waals surface area contributed by atoms with Gasteiger partial charge in [0.1, 0.15) is 0 Å². The van der Waals surface area contributed by atoms with E-state index in [1.54, 1.807) is 0 Å². The van der Waals surface area contributed by atoms with Crippen LogP contribution in [0.5, 0.6) is 0 Å². The molecule has 3 aromatic rings. The van der Waals surface area contributed by atoms with Crippen molar-refractivity contribution in [2.24, 2.45) is 0 Å². The Morgan fingerprint density at radius 3 is 2.61 bits per heavy atom. The molecule has 6 heteroatoms. The van der Waals surface area contributed by atoms with Gasteiger partial charge in [0.05, 0.1) is 35.5 Å². The molecule has 1 aliphatic heterocycles. The largest absolute Gasteiger partial charge is 0.378 e. The van der Waals surface area contributed by atoms with Gasteiger partial charge in [-0.3, -0.25) is 4.79 Å². The maximum absolute atomic E-state index is 13.4. The van der Waals surface area contributed by atoms with Crippen LogP contribution < -0.4 is 0 Å². The van der Waals surface area contributed by atoms with Gasteiger partial charge in [0.2, 0.25) is 0 Å². The van der Waals surface area contributed by atoms with Crippen LogP contribution in [0, 0.1) is 0 Å². The summed E-state index contributed by atoms with van der Waals surface area (Å²) >= 11 is 0. The Labute approximate surface area is 164 Å². The van der Waals surface area contributed by atoms with E-state index < -0.39 is 0 Å². The topological polar surface area (TPSA) is 60.3 Å². The summed E-state index contributed by atoms with van der Waals surface area (Å²) in [7, 11) is 0. The molecule has 0 bridgehead atoms. The van der Waals surface area contributed by atoms with Crippen LogP contribution in [0.15, 0.2) is 36.4 Å². The minimum absolute atomic E-state index is 0.0694. The van der Waals surface area contributed by atoms with Crippen molar-refractivity contribution < 1.29 is 9.53 Å². The van der Waals surface area contributed by atoms with Crippen LogP contribution >= 0.6 is 0 Å². The van der Waals surface area contributed by atoms with Crippen LogP contribution in [0.4, 0.5) is 0 Å². The number of aromatic nitrogens is 3. The van der Waals surface area contributed by atoms with Gasteiger partial charge < -0.3 is 9.64 Å². The van der Waals surface area contributed by atoms with Gasteiger partial charge in [-0.1, -0.05) is 25.1 Å². The predicted octanol–water partition coefficient (Wildman–Crippen LogP) is 3.33. The molecular weight excluding hydrogens is 352 g/mol. The molecule has 2 aliphatic rings. The summed E-state index contributed by atoms with van der Waals surface area (Å²) < 4.78 is 7.34. The van der Waals surface area contributed by atoms with Crippen LogP contribution in [-0.2, 0) is 11.2 Å². The molecule has 3 heterocycles. The summed E-state index contributed by atoms with van der Waals surface area (Å²) in [6, 6.07) is 12.0. The monoisotopic (exact) mass is 376 g/mol. The molecule has 1 aromatic carbocycles. The number of amides is 1. The third-order valence-corrected chi connectivity index (χ3v) is 5.57. The van der Waals surface area contributed by atoms with Gasteiger partial charge in [-0.05, 0) is 37.5 Å². The zero-order valence-electron chi connectivity index (χ0n) is 16.1. The molecule has 1 saturated carbocycles. The minimum Gasteiger partial charge on any atom is -0.378 e. The maximum Gasteiger partial charge on any atom is 0.254 e. The molecule has 0 atom stereocenters. The van der Waals surface area contributed by atoms with E-state index in [2.05, 4.69) is 6.92 Å². The fourth-order valence-electron chi connectivity index (χ4n) is 3.87. The first-order chi connectivity index (χ1) is 13.8. The zero-order valence-corrected chi connectivity index (χ0v) is 16.1. The molecule has 1 aliphatic carbocycles. The predicted molar refractivity (Wildman–Crippen MR) is 107 cm³/mol. The normalized spacial score (nSPS) is 17.2. The van der Waals surface area contributed by atoms with E-state index in [-0.39, 0.29) is 5.91 Å². The Bertz CT molecular complexity index is 1020. The molecule has 0 spiro atoms. The Hall–Kier alpha value is -2.73. The van der Waals surface area contributed by atoms with Crippen molar-refractivity contribution in [2.45, 2.75) is 32.1 Å². The van der Waals surface area contributed by atoms with Crippen molar-refractivity contribution in [3.05, 3.63) is 53.3 Å². The number of rotatable bonds is 4. The Morgan fingerprint density at radius 2 is 1.93 bits per heavy atom. The lowest BCUT2D eigenvalue weighted by Crippen LogP contribution is -2.40. The minimum atomic E-state index is 0.0694. The number of carbonyl (C=O) groups is 1. The number of morpholine rings is 1. The summed E-state index contributed by atoms with van der Waals surface area (Å²) in [5, 5.41) is 5.87. The van der Waals surface area contributed by atoms with Crippen molar-refractivity contribution in [3.63, 3.8) is 0 Å². The Morgan fingerprint density at radius 1 is 1.18 bits per heavy atom. The average molecular weight is 376 g/mol. The number of benzene rings is 1. The molecule has 0 unspecified atom stereocenters. The van der Waals surface area contributed by atoms with E-state index in [1.165, 1.54) is 0 Å². The second kappa shape index (κ2) is 7.02.